The van der Waals surface area contributed by atoms with E-state index in [9.17, 15) is 10.1 Å². The van der Waals surface area contributed by atoms with Gasteiger partial charge in [0.2, 0.25) is 0 Å². The zero-order valence-corrected chi connectivity index (χ0v) is 14.2. The van der Waals surface area contributed by atoms with Crippen LogP contribution in [0.25, 0.3) is 11.5 Å². The third-order valence-electron chi connectivity index (χ3n) is 4.62. The van der Waals surface area contributed by atoms with Gasteiger partial charge in [-0.05, 0) is 24.3 Å². The van der Waals surface area contributed by atoms with Gasteiger partial charge < -0.3 is 10.3 Å². The van der Waals surface area contributed by atoms with Crippen LogP contribution in [0.1, 0.15) is 57.8 Å². The summed E-state index contributed by atoms with van der Waals surface area (Å²) in [6.07, 6.45) is 3.75. The molecule has 128 valence electrons. The lowest BCUT2D eigenvalue weighted by atomic mass is 9.85. The van der Waals surface area contributed by atoms with E-state index in [4.69, 9.17) is 10.3 Å². The van der Waals surface area contributed by atoms with E-state index in [2.05, 4.69) is 10.1 Å². The van der Waals surface area contributed by atoms with Gasteiger partial charge in [0.1, 0.15) is 0 Å². The van der Waals surface area contributed by atoms with Crippen molar-refractivity contribution in [1.29, 1.82) is 0 Å². The van der Waals surface area contributed by atoms with Gasteiger partial charge >= 0.3 is 0 Å². The molecule has 0 radical (unpaired) electrons. The van der Waals surface area contributed by atoms with Gasteiger partial charge in [0.25, 0.3) is 11.6 Å². The standard InChI is InChI=1S/C17H22N4O3/c1-16(2,3)12-7-6-11(10-13(12)21(22)23)14-19-15(20-24-14)17(18)8-4-5-9-17/h6-7,10H,4-5,8-9,18H2,1-3H3. The van der Waals surface area contributed by atoms with E-state index < -0.39 is 5.54 Å². The maximum Gasteiger partial charge on any atom is 0.273 e. The van der Waals surface area contributed by atoms with Crippen LogP contribution in [0.4, 0.5) is 5.69 Å². The molecular formula is C17H22N4O3. The Kier molecular flexibility index (Phi) is 3.91. The van der Waals surface area contributed by atoms with E-state index in [-0.39, 0.29) is 21.9 Å². The van der Waals surface area contributed by atoms with Crippen LogP contribution < -0.4 is 5.73 Å². The van der Waals surface area contributed by atoms with Gasteiger partial charge in [0, 0.05) is 17.2 Å². The average Bonchev–Trinajstić information content (AvgIpc) is 3.15. The topological polar surface area (TPSA) is 108 Å². The van der Waals surface area contributed by atoms with Crippen LogP contribution in [-0.4, -0.2) is 15.1 Å². The molecule has 0 bridgehead atoms. The fourth-order valence-corrected chi connectivity index (χ4v) is 3.22. The molecule has 0 amide bonds. The molecule has 3 rings (SSSR count). The second-order valence-electron chi connectivity index (χ2n) is 7.53. The molecule has 1 aliphatic carbocycles. The number of nitro benzene ring substituents is 1. The lowest BCUT2D eigenvalue weighted by Crippen LogP contribution is -2.34. The Hall–Kier alpha value is -2.28. The summed E-state index contributed by atoms with van der Waals surface area (Å²) in [6, 6.07) is 5.03. The molecule has 2 aromatic rings. The van der Waals surface area contributed by atoms with E-state index in [1.165, 1.54) is 6.07 Å². The highest BCUT2D eigenvalue weighted by Crippen LogP contribution is 2.37. The van der Waals surface area contributed by atoms with Gasteiger partial charge in [-0.2, -0.15) is 4.98 Å². The first kappa shape index (κ1) is 16.6. The zero-order valence-electron chi connectivity index (χ0n) is 14.2. The summed E-state index contributed by atoms with van der Waals surface area (Å²) in [5.74, 6) is 0.753. The fourth-order valence-electron chi connectivity index (χ4n) is 3.22. The molecule has 0 unspecified atom stereocenters. The van der Waals surface area contributed by atoms with E-state index in [1.54, 1.807) is 12.1 Å². The minimum absolute atomic E-state index is 0.0584. The van der Waals surface area contributed by atoms with Gasteiger partial charge in [-0.15, -0.1) is 0 Å². The first-order valence-electron chi connectivity index (χ1n) is 8.13. The lowest BCUT2D eigenvalue weighted by molar-refractivity contribution is -0.385. The molecule has 0 spiro atoms. The number of nitrogens with two attached hydrogens (primary N) is 1. The summed E-state index contributed by atoms with van der Waals surface area (Å²) < 4.78 is 5.32. The molecule has 1 saturated carbocycles. The smallest absolute Gasteiger partial charge is 0.273 e. The summed E-state index contributed by atoms with van der Waals surface area (Å²) in [5.41, 5.74) is 6.73. The van der Waals surface area contributed by atoms with Crippen molar-refractivity contribution in [3.05, 3.63) is 39.7 Å². The predicted octanol–water partition coefficient (Wildman–Crippen LogP) is 3.67. The van der Waals surface area contributed by atoms with Crippen molar-refractivity contribution in [2.24, 2.45) is 5.73 Å². The molecule has 1 aromatic carbocycles. The van der Waals surface area contributed by atoms with E-state index in [1.807, 2.05) is 20.8 Å². The molecule has 0 aliphatic heterocycles. The SMILES string of the molecule is CC(C)(C)c1ccc(-c2nc(C3(N)CCCC3)no2)cc1[N+](=O)[O-]. The Morgan fingerprint density at radius 2 is 1.96 bits per heavy atom. The molecule has 7 nitrogen and oxygen atoms in total. The Morgan fingerprint density at radius 3 is 2.54 bits per heavy atom. The highest BCUT2D eigenvalue weighted by molar-refractivity contribution is 5.61. The van der Waals surface area contributed by atoms with E-state index in [0.717, 1.165) is 25.7 Å². The van der Waals surface area contributed by atoms with Gasteiger partial charge in [0.05, 0.1) is 10.5 Å². The van der Waals surface area contributed by atoms with Gasteiger partial charge in [-0.25, -0.2) is 0 Å². The maximum absolute atomic E-state index is 11.4. The number of rotatable bonds is 3. The number of hydrogen-bond acceptors (Lipinski definition) is 6. The molecule has 0 saturated heterocycles. The van der Waals surface area contributed by atoms with Crippen LogP contribution in [0.3, 0.4) is 0 Å². The van der Waals surface area contributed by atoms with Crippen molar-refractivity contribution < 1.29 is 9.45 Å². The lowest BCUT2D eigenvalue weighted by Gasteiger charge is -2.19. The second kappa shape index (κ2) is 5.66. The van der Waals surface area contributed by atoms with Gasteiger partial charge in [0.15, 0.2) is 5.82 Å². The molecule has 1 heterocycles. The van der Waals surface area contributed by atoms with Crippen molar-refractivity contribution in [1.82, 2.24) is 10.1 Å². The van der Waals surface area contributed by atoms with Crippen LogP contribution in [0.5, 0.6) is 0 Å². The van der Waals surface area contributed by atoms with E-state index in [0.29, 0.717) is 17.0 Å². The van der Waals surface area contributed by atoms with E-state index >= 15 is 0 Å². The summed E-state index contributed by atoms with van der Waals surface area (Å²) in [4.78, 5) is 15.5. The molecule has 1 aromatic heterocycles. The number of benzene rings is 1. The number of aromatic nitrogens is 2. The van der Waals surface area contributed by atoms with Crippen molar-refractivity contribution in [2.75, 3.05) is 0 Å². The van der Waals surface area contributed by atoms with Crippen molar-refractivity contribution in [3.63, 3.8) is 0 Å². The molecule has 24 heavy (non-hydrogen) atoms. The minimum Gasteiger partial charge on any atom is -0.334 e. The van der Waals surface area contributed by atoms with Crippen LogP contribution in [0.15, 0.2) is 22.7 Å². The summed E-state index contributed by atoms with van der Waals surface area (Å²) in [5, 5.41) is 15.4. The van der Waals surface area contributed by atoms with Crippen LogP contribution >= 0.6 is 0 Å². The number of nitrogens with zero attached hydrogens (tertiary/aromatic N) is 3. The van der Waals surface area contributed by atoms with Crippen LogP contribution in [-0.2, 0) is 11.0 Å². The van der Waals surface area contributed by atoms with Crippen molar-refractivity contribution >= 4 is 5.69 Å². The second-order valence-corrected chi connectivity index (χ2v) is 7.53. The minimum atomic E-state index is -0.543. The monoisotopic (exact) mass is 330 g/mol. The molecule has 7 heteroatoms. The Balaban J connectivity index is 2.00. The van der Waals surface area contributed by atoms with Crippen molar-refractivity contribution in [2.45, 2.75) is 57.4 Å². The third kappa shape index (κ3) is 2.91. The molecule has 1 fully saturated rings. The Bertz CT molecular complexity index is 770. The average molecular weight is 330 g/mol. The predicted molar refractivity (Wildman–Crippen MR) is 89.4 cm³/mol. The quantitative estimate of drug-likeness (QED) is 0.679. The number of nitro groups is 1. The molecular weight excluding hydrogens is 308 g/mol. The number of hydrogen-bond donors (Lipinski definition) is 1. The van der Waals surface area contributed by atoms with Gasteiger partial charge in [-0.3, -0.25) is 10.1 Å². The van der Waals surface area contributed by atoms with Crippen molar-refractivity contribution in [3.8, 4) is 11.5 Å². The largest absolute Gasteiger partial charge is 0.334 e. The molecule has 2 N–H and O–H groups in total. The molecule has 1 aliphatic rings. The third-order valence-corrected chi connectivity index (χ3v) is 4.62. The highest BCUT2D eigenvalue weighted by Gasteiger charge is 2.36. The Morgan fingerprint density at radius 1 is 1.29 bits per heavy atom. The van der Waals surface area contributed by atoms with Crippen LogP contribution in [0.2, 0.25) is 0 Å². The highest BCUT2D eigenvalue weighted by atomic mass is 16.6. The molecule has 0 atom stereocenters. The normalized spacial score (nSPS) is 17.2. The zero-order chi connectivity index (χ0) is 17.5. The first-order valence-corrected chi connectivity index (χ1v) is 8.13. The summed E-state index contributed by atoms with van der Waals surface area (Å²) in [7, 11) is 0. The van der Waals surface area contributed by atoms with Crippen LogP contribution in [0, 0.1) is 10.1 Å². The van der Waals surface area contributed by atoms with Gasteiger partial charge in [-0.1, -0.05) is 44.8 Å². The Labute approximate surface area is 140 Å². The maximum atomic E-state index is 11.4. The summed E-state index contributed by atoms with van der Waals surface area (Å²) in [6.45, 7) is 5.83. The first-order chi connectivity index (χ1) is 11.2. The fraction of sp³-hybridized carbons (Fsp3) is 0.529. The summed E-state index contributed by atoms with van der Waals surface area (Å²) >= 11 is 0.